The van der Waals surface area contributed by atoms with Gasteiger partial charge in [0.15, 0.2) is 0 Å². The Labute approximate surface area is 286 Å². The van der Waals surface area contributed by atoms with Crippen LogP contribution in [0.15, 0.2) is 24.3 Å². The summed E-state index contributed by atoms with van der Waals surface area (Å²) in [7, 11) is 0. The van der Waals surface area contributed by atoms with Crippen LogP contribution >= 0.6 is 0 Å². The summed E-state index contributed by atoms with van der Waals surface area (Å²) in [4.78, 5) is 12.4. The SMILES string of the molecule is CCCCCCCC/C=C\CCCCC(O)C(=O)NC(CO)C(O)/C=C/CCCCCCCCCCCCCCCCCCCC. The molecule has 0 aromatic heterocycles. The number of rotatable bonds is 36. The zero-order chi connectivity index (χ0) is 33.8. The lowest BCUT2D eigenvalue weighted by molar-refractivity contribution is -0.131. The average molecular weight is 650 g/mol. The van der Waals surface area contributed by atoms with Gasteiger partial charge in [0.05, 0.1) is 18.8 Å². The minimum absolute atomic E-state index is 0.368. The van der Waals surface area contributed by atoms with Crippen molar-refractivity contribution in [3.8, 4) is 0 Å². The fourth-order valence-corrected chi connectivity index (χ4v) is 6.06. The van der Waals surface area contributed by atoms with Crippen LogP contribution in [0.5, 0.6) is 0 Å². The van der Waals surface area contributed by atoms with E-state index >= 15 is 0 Å². The van der Waals surface area contributed by atoms with Gasteiger partial charge in [0.2, 0.25) is 5.91 Å². The predicted molar refractivity (Wildman–Crippen MR) is 199 cm³/mol. The van der Waals surface area contributed by atoms with Gasteiger partial charge in [-0.3, -0.25) is 4.79 Å². The van der Waals surface area contributed by atoms with Crippen molar-refractivity contribution in [2.75, 3.05) is 6.61 Å². The number of aliphatic hydroxyl groups excluding tert-OH is 3. The van der Waals surface area contributed by atoms with Gasteiger partial charge < -0.3 is 20.6 Å². The van der Waals surface area contributed by atoms with Crippen molar-refractivity contribution in [3.63, 3.8) is 0 Å². The average Bonchev–Trinajstić information content (AvgIpc) is 3.06. The first-order chi connectivity index (χ1) is 22.6. The number of aliphatic hydroxyl groups is 3. The molecule has 0 bridgehead atoms. The molecule has 5 nitrogen and oxygen atoms in total. The molecule has 0 aliphatic carbocycles. The maximum absolute atomic E-state index is 12.4. The summed E-state index contributed by atoms with van der Waals surface area (Å²) in [6.45, 7) is 4.16. The quantitative estimate of drug-likeness (QED) is 0.0401. The Hall–Kier alpha value is -1.17. The summed E-state index contributed by atoms with van der Waals surface area (Å²) in [5.74, 6) is -0.520. The third-order valence-corrected chi connectivity index (χ3v) is 9.29. The first-order valence-corrected chi connectivity index (χ1v) is 20.2. The lowest BCUT2D eigenvalue weighted by Gasteiger charge is -2.21. The highest BCUT2D eigenvalue weighted by Crippen LogP contribution is 2.15. The van der Waals surface area contributed by atoms with Gasteiger partial charge in [-0.05, 0) is 44.9 Å². The van der Waals surface area contributed by atoms with Gasteiger partial charge in [-0.1, -0.05) is 186 Å². The molecule has 1 amide bonds. The van der Waals surface area contributed by atoms with Crippen LogP contribution in [0.3, 0.4) is 0 Å². The number of nitrogens with one attached hydrogen (secondary N) is 1. The summed E-state index contributed by atoms with van der Waals surface area (Å²) in [6, 6.07) is -0.802. The van der Waals surface area contributed by atoms with E-state index in [2.05, 4.69) is 31.3 Å². The molecule has 4 N–H and O–H groups in total. The highest BCUT2D eigenvalue weighted by molar-refractivity contribution is 5.80. The summed E-state index contributed by atoms with van der Waals surface area (Å²) in [5, 5.41) is 33.0. The van der Waals surface area contributed by atoms with Crippen molar-refractivity contribution in [1.82, 2.24) is 5.32 Å². The van der Waals surface area contributed by atoms with Crippen LogP contribution in [0, 0.1) is 0 Å². The minimum Gasteiger partial charge on any atom is -0.394 e. The van der Waals surface area contributed by atoms with Crippen molar-refractivity contribution in [2.24, 2.45) is 0 Å². The Morgan fingerprint density at radius 1 is 0.522 bits per heavy atom. The molecule has 0 rings (SSSR count). The Balaban J connectivity index is 3.70. The van der Waals surface area contributed by atoms with Crippen molar-refractivity contribution in [1.29, 1.82) is 0 Å². The number of amides is 1. The molecule has 0 fully saturated rings. The molecule has 3 unspecified atom stereocenters. The van der Waals surface area contributed by atoms with E-state index in [9.17, 15) is 20.1 Å². The predicted octanol–water partition coefficient (Wildman–Crippen LogP) is 11.0. The van der Waals surface area contributed by atoms with Crippen LogP contribution in [0.25, 0.3) is 0 Å². The van der Waals surface area contributed by atoms with Crippen molar-refractivity contribution in [3.05, 3.63) is 24.3 Å². The van der Waals surface area contributed by atoms with Crippen LogP contribution in [-0.2, 0) is 4.79 Å². The number of carbonyl (C=O) groups excluding carboxylic acids is 1. The third-order valence-electron chi connectivity index (χ3n) is 9.29. The molecule has 0 saturated carbocycles. The number of unbranched alkanes of at least 4 members (excludes halogenated alkanes) is 26. The summed E-state index contributed by atoms with van der Waals surface area (Å²) < 4.78 is 0. The van der Waals surface area contributed by atoms with E-state index in [0.717, 1.165) is 38.5 Å². The van der Waals surface area contributed by atoms with Crippen LogP contribution in [0.4, 0.5) is 0 Å². The monoisotopic (exact) mass is 650 g/mol. The molecule has 0 aromatic carbocycles. The maximum atomic E-state index is 12.4. The standard InChI is InChI=1S/C41H79NO4/c1-3-5-7-9-11-13-15-17-18-19-20-21-22-23-24-26-27-29-31-33-35-39(44)38(37-43)42-41(46)40(45)36-34-32-30-28-25-16-14-12-10-8-6-4-2/h25,28,33,35,38-40,43-45H,3-24,26-27,29-32,34,36-37H2,1-2H3,(H,42,46)/b28-25-,35-33+. The molecule has 46 heavy (non-hydrogen) atoms. The fraction of sp³-hybridized carbons (Fsp3) is 0.878. The second-order valence-electron chi connectivity index (χ2n) is 13.8. The first kappa shape index (κ1) is 44.8. The molecule has 0 heterocycles. The van der Waals surface area contributed by atoms with E-state index in [1.165, 1.54) is 148 Å². The Morgan fingerprint density at radius 2 is 0.870 bits per heavy atom. The Morgan fingerprint density at radius 3 is 1.26 bits per heavy atom. The first-order valence-electron chi connectivity index (χ1n) is 20.2. The topological polar surface area (TPSA) is 89.8 Å². The fourth-order valence-electron chi connectivity index (χ4n) is 6.06. The lowest BCUT2D eigenvalue weighted by Crippen LogP contribution is -2.48. The van der Waals surface area contributed by atoms with Crippen LogP contribution in [0.2, 0.25) is 0 Å². The van der Waals surface area contributed by atoms with Crippen LogP contribution < -0.4 is 5.32 Å². The number of allylic oxidation sites excluding steroid dienone is 3. The van der Waals surface area contributed by atoms with Gasteiger partial charge in [0, 0.05) is 0 Å². The maximum Gasteiger partial charge on any atom is 0.249 e. The molecule has 0 aliphatic heterocycles. The Bertz CT molecular complexity index is 679. The van der Waals surface area contributed by atoms with E-state index in [4.69, 9.17) is 0 Å². The van der Waals surface area contributed by atoms with E-state index < -0.39 is 24.2 Å². The van der Waals surface area contributed by atoms with Gasteiger partial charge in [0.25, 0.3) is 0 Å². The molecule has 5 heteroatoms. The minimum atomic E-state index is -1.11. The smallest absolute Gasteiger partial charge is 0.249 e. The molecule has 0 spiro atoms. The van der Waals surface area contributed by atoms with E-state index in [-0.39, 0.29) is 6.61 Å². The van der Waals surface area contributed by atoms with Gasteiger partial charge in [-0.2, -0.15) is 0 Å². The van der Waals surface area contributed by atoms with E-state index in [1.807, 2.05) is 6.08 Å². The molecular weight excluding hydrogens is 570 g/mol. The van der Waals surface area contributed by atoms with Crippen LogP contribution in [-0.4, -0.2) is 46.1 Å². The van der Waals surface area contributed by atoms with E-state index in [1.54, 1.807) is 6.08 Å². The third kappa shape index (κ3) is 31.4. The Kier molecular flexibility index (Phi) is 35.7. The largest absolute Gasteiger partial charge is 0.394 e. The molecule has 0 radical (unpaired) electrons. The number of hydrogen-bond acceptors (Lipinski definition) is 4. The van der Waals surface area contributed by atoms with Crippen molar-refractivity contribution in [2.45, 2.75) is 225 Å². The summed E-state index contributed by atoms with van der Waals surface area (Å²) in [6.07, 6.45) is 43.5. The zero-order valence-corrected chi connectivity index (χ0v) is 30.7. The second kappa shape index (κ2) is 36.7. The van der Waals surface area contributed by atoms with Crippen LogP contribution in [0.1, 0.15) is 206 Å². The molecule has 3 atom stereocenters. The normalized spacial score (nSPS) is 13.9. The second-order valence-corrected chi connectivity index (χ2v) is 13.8. The highest BCUT2D eigenvalue weighted by atomic mass is 16.3. The molecule has 272 valence electrons. The van der Waals surface area contributed by atoms with Gasteiger partial charge in [0.1, 0.15) is 6.10 Å². The molecule has 0 aromatic rings. The van der Waals surface area contributed by atoms with Crippen molar-refractivity contribution < 1.29 is 20.1 Å². The molecule has 0 aliphatic rings. The number of hydrogen-bond donors (Lipinski definition) is 4. The molecular formula is C41H79NO4. The molecule has 0 saturated heterocycles. The van der Waals surface area contributed by atoms with Crippen molar-refractivity contribution >= 4 is 5.91 Å². The summed E-state index contributed by atoms with van der Waals surface area (Å²) in [5.41, 5.74) is 0. The highest BCUT2D eigenvalue weighted by Gasteiger charge is 2.22. The zero-order valence-electron chi connectivity index (χ0n) is 30.7. The lowest BCUT2D eigenvalue weighted by atomic mass is 10.0. The summed E-state index contributed by atoms with van der Waals surface area (Å²) >= 11 is 0. The van der Waals surface area contributed by atoms with Gasteiger partial charge >= 0.3 is 0 Å². The van der Waals surface area contributed by atoms with E-state index in [0.29, 0.717) is 6.42 Å². The van der Waals surface area contributed by atoms with Gasteiger partial charge in [-0.25, -0.2) is 0 Å². The number of carbonyl (C=O) groups is 1. The van der Waals surface area contributed by atoms with Gasteiger partial charge in [-0.15, -0.1) is 0 Å².